The van der Waals surface area contributed by atoms with Crippen LogP contribution >= 0.6 is 23.2 Å². The third-order valence-corrected chi connectivity index (χ3v) is 8.21. The van der Waals surface area contributed by atoms with E-state index >= 15 is 0 Å². The summed E-state index contributed by atoms with van der Waals surface area (Å²) in [5.41, 5.74) is 0. The van der Waals surface area contributed by atoms with Crippen molar-refractivity contribution in [2.24, 2.45) is 0 Å². The number of nitrogens with zero attached hydrogens (tertiary/aromatic N) is 2. The molecule has 1 heterocycles. The molecule has 6 nitrogen and oxygen atoms in total. The smallest absolute Gasteiger partial charge is 0.212 e. The fraction of sp³-hybridized carbons (Fsp3) is 0.500. The number of halogens is 2. The molecule has 22 heavy (non-hydrogen) atoms. The van der Waals surface area contributed by atoms with Gasteiger partial charge in [0, 0.05) is 26.2 Å². The summed E-state index contributed by atoms with van der Waals surface area (Å²) in [6, 6.07) is 4.48. The lowest BCUT2D eigenvalue weighted by atomic mass is 10.4. The van der Waals surface area contributed by atoms with Gasteiger partial charge in [-0.3, -0.25) is 0 Å². The highest BCUT2D eigenvalue weighted by Gasteiger charge is 2.34. The third kappa shape index (κ3) is 3.42. The standard InChI is InChI=1S/C12H16Cl2N2O4S2/c1-2-21(17,18)15-6-8-16(9-7-15)22(19,20)12-10(13)4-3-5-11(12)14/h3-5H,2,6-9H2,1H3. The van der Waals surface area contributed by atoms with Crippen molar-refractivity contribution in [1.29, 1.82) is 0 Å². The van der Waals surface area contributed by atoms with Crippen molar-refractivity contribution < 1.29 is 16.8 Å². The molecule has 1 fully saturated rings. The van der Waals surface area contributed by atoms with Crippen LogP contribution in [0.15, 0.2) is 23.1 Å². The molecule has 124 valence electrons. The molecule has 1 aliphatic rings. The van der Waals surface area contributed by atoms with Crippen molar-refractivity contribution in [1.82, 2.24) is 8.61 Å². The van der Waals surface area contributed by atoms with Crippen LogP contribution in [0.25, 0.3) is 0 Å². The van der Waals surface area contributed by atoms with E-state index in [1.165, 1.54) is 20.7 Å². The zero-order valence-corrected chi connectivity index (χ0v) is 15.0. The lowest BCUT2D eigenvalue weighted by Crippen LogP contribution is -2.50. The molecule has 0 radical (unpaired) electrons. The lowest BCUT2D eigenvalue weighted by molar-refractivity contribution is 0.273. The van der Waals surface area contributed by atoms with E-state index in [2.05, 4.69) is 0 Å². The van der Waals surface area contributed by atoms with Gasteiger partial charge in [-0.15, -0.1) is 0 Å². The van der Waals surface area contributed by atoms with Crippen molar-refractivity contribution in [3.05, 3.63) is 28.2 Å². The summed E-state index contributed by atoms with van der Waals surface area (Å²) in [4.78, 5) is -0.134. The van der Waals surface area contributed by atoms with E-state index in [1.54, 1.807) is 13.0 Å². The van der Waals surface area contributed by atoms with E-state index in [4.69, 9.17) is 23.2 Å². The molecular formula is C12H16Cl2N2O4S2. The van der Waals surface area contributed by atoms with Crippen LogP contribution < -0.4 is 0 Å². The van der Waals surface area contributed by atoms with Gasteiger partial charge in [0.05, 0.1) is 15.8 Å². The summed E-state index contributed by atoms with van der Waals surface area (Å²) >= 11 is 11.9. The average Bonchev–Trinajstić information content (AvgIpc) is 2.47. The van der Waals surface area contributed by atoms with Gasteiger partial charge >= 0.3 is 0 Å². The molecule has 0 aromatic heterocycles. The lowest BCUT2D eigenvalue weighted by Gasteiger charge is -2.33. The Morgan fingerprint density at radius 2 is 1.41 bits per heavy atom. The number of hydrogen-bond donors (Lipinski definition) is 0. The van der Waals surface area contributed by atoms with Gasteiger partial charge in [0.25, 0.3) is 0 Å². The van der Waals surface area contributed by atoms with Gasteiger partial charge in [-0.05, 0) is 19.1 Å². The number of rotatable bonds is 4. The van der Waals surface area contributed by atoms with E-state index in [9.17, 15) is 16.8 Å². The van der Waals surface area contributed by atoms with Gasteiger partial charge in [0.15, 0.2) is 0 Å². The Hall–Kier alpha value is -0.380. The Kier molecular flexibility index (Phi) is 5.41. The van der Waals surface area contributed by atoms with Crippen molar-refractivity contribution in [3.63, 3.8) is 0 Å². The molecule has 0 aliphatic carbocycles. The maximum absolute atomic E-state index is 12.6. The Labute approximate surface area is 140 Å². The monoisotopic (exact) mass is 386 g/mol. The summed E-state index contributed by atoms with van der Waals surface area (Å²) in [7, 11) is -7.16. The number of piperazine rings is 1. The predicted octanol–water partition coefficient (Wildman–Crippen LogP) is 1.65. The van der Waals surface area contributed by atoms with E-state index in [0.29, 0.717) is 0 Å². The minimum absolute atomic E-state index is 0.00388. The zero-order chi connectivity index (χ0) is 16.5. The van der Waals surface area contributed by atoms with Gasteiger partial charge in [-0.25, -0.2) is 16.8 Å². The molecule has 0 atom stereocenters. The minimum atomic E-state index is -3.85. The van der Waals surface area contributed by atoms with Gasteiger partial charge in [0.2, 0.25) is 20.0 Å². The molecule has 0 saturated carbocycles. The number of sulfonamides is 2. The molecule has 0 bridgehead atoms. The maximum atomic E-state index is 12.6. The van der Waals surface area contributed by atoms with Crippen molar-refractivity contribution >= 4 is 43.2 Å². The molecule has 1 aliphatic heterocycles. The van der Waals surface area contributed by atoms with Gasteiger partial charge < -0.3 is 0 Å². The first-order chi connectivity index (χ1) is 10.2. The van der Waals surface area contributed by atoms with Gasteiger partial charge in [0.1, 0.15) is 4.90 Å². The second-order valence-corrected chi connectivity index (χ2v) is 9.70. The van der Waals surface area contributed by atoms with Crippen LogP contribution in [0.4, 0.5) is 0 Å². The normalized spacial score (nSPS) is 18.5. The molecule has 0 spiro atoms. The Balaban J connectivity index is 2.24. The summed E-state index contributed by atoms with van der Waals surface area (Å²) in [6.07, 6.45) is 0. The van der Waals surface area contributed by atoms with Crippen LogP contribution in [-0.4, -0.2) is 57.4 Å². The summed E-state index contributed by atoms with van der Waals surface area (Å²) < 4.78 is 51.4. The largest absolute Gasteiger partial charge is 0.246 e. The Bertz CT molecular complexity index is 737. The average molecular weight is 387 g/mol. The predicted molar refractivity (Wildman–Crippen MR) is 86.3 cm³/mol. The molecule has 0 N–H and O–H groups in total. The molecule has 0 unspecified atom stereocenters. The molecule has 10 heteroatoms. The van der Waals surface area contributed by atoms with Crippen LogP contribution in [0.2, 0.25) is 10.0 Å². The van der Waals surface area contributed by atoms with Crippen LogP contribution in [-0.2, 0) is 20.0 Å². The third-order valence-electron chi connectivity index (χ3n) is 3.47. The maximum Gasteiger partial charge on any atom is 0.246 e. The second kappa shape index (κ2) is 6.62. The van der Waals surface area contributed by atoms with Gasteiger partial charge in [-0.2, -0.15) is 8.61 Å². The first-order valence-corrected chi connectivity index (χ1v) is 10.4. The SMILES string of the molecule is CCS(=O)(=O)N1CCN(S(=O)(=O)c2c(Cl)cccc2Cl)CC1. The highest BCUT2D eigenvalue weighted by Crippen LogP contribution is 2.32. The number of hydrogen-bond acceptors (Lipinski definition) is 4. The van der Waals surface area contributed by atoms with E-state index in [-0.39, 0.29) is 46.9 Å². The summed E-state index contributed by atoms with van der Waals surface area (Å²) in [6.45, 7) is 1.95. The first-order valence-electron chi connectivity index (χ1n) is 6.62. The van der Waals surface area contributed by atoms with Crippen LogP contribution in [0.3, 0.4) is 0 Å². The highest BCUT2D eigenvalue weighted by atomic mass is 35.5. The topological polar surface area (TPSA) is 74.8 Å². The minimum Gasteiger partial charge on any atom is -0.212 e. The van der Waals surface area contributed by atoms with E-state index in [1.807, 2.05) is 0 Å². The Morgan fingerprint density at radius 1 is 0.955 bits per heavy atom. The fourth-order valence-corrected chi connectivity index (χ4v) is 5.83. The second-order valence-electron chi connectivity index (χ2n) is 4.75. The van der Waals surface area contributed by atoms with Crippen LogP contribution in [0.1, 0.15) is 6.92 Å². The first kappa shape index (κ1) is 18.0. The van der Waals surface area contributed by atoms with E-state index < -0.39 is 20.0 Å². The molecule has 0 amide bonds. The summed E-state index contributed by atoms with van der Waals surface area (Å²) in [5, 5.41) is 0.104. The van der Waals surface area contributed by atoms with Crippen LogP contribution in [0.5, 0.6) is 0 Å². The van der Waals surface area contributed by atoms with Crippen molar-refractivity contribution in [2.75, 3.05) is 31.9 Å². The molecule has 2 rings (SSSR count). The van der Waals surface area contributed by atoms with Gasteiger partial charge in [-0.1, -0.05) is 29.3 Å². The van der Waals surface area contributed by atoms with Crippen molar-refractivity contribution in [2.45, 2.75) is 11.8 Å². The molecule has 1 aromatic carbocycles. The molecular weight excluding hydrogens is 371 g/mol. The fourth-order valence-electron chi connectivity index (χ4n) is 2.23. The Morgan fingerprint density at radius 3 is 1.86 bits per heavy atom. The number of benzene rings is 1. The quantitative estimate of drug-likeness (QED) is 0.788. The van der Waals surface area contributed by atoms with E-state index in [0.717, 1.165) is 0 Å². The molecule has 1 saturated heterocycles. The highest BCUT2D eigenvalue weighted by molar-refractivity contribution is 7.89. The zero-order valence-electron chi connectivity index (χ0n) is 11.9. The van der Waals surface area contributed by atoms with Crippen LogP contribution in [0, 0.1) is 0 Å². The van der Waals surface area contributed by atoms with Crippen molar-refractivity contribution in [3.8, 4) is 0 Å². The summed E-state index contributed by atoms with van der Waals surface area (Å²) in [5.74, 6) is -0.00388. The molecule has 1 aromatic rings.